The Labute approximate surface area is 180 Å². The molecule has 2 rings (SSSR count). The van der Waals surface area contributed by atoms with E-state index in [1.165, 1.54) is 0 Å². The van der Waals surface area contributed by atoms with Crippen LogP contribution in [0, 0.1) is 0 Å². The van der Waals surface area contributed by atoms with Gasteiger partial charge in [-0.1, -0.05) is 18.2 Å². The minimum atomic E-state index is -1.15. The summed E-state index contributed by atoms with van der Waals surface area (Å²) in [6, 6.07) is 4.69. The first kappa shape index (κ1) is 24.3. The Bertz CT molecular complexity index is 884. The van der Waals surface area contributed by atoms with Crippen LogP contribution in [0.5, 0.6) is 0 Å². The van der Waals surface area contributed by atoms with Crippen LogP contribution in [0.15, 0.2) is 30.5 Å². The summed E-state index contributed by atoms with van der Waals surface area (Å²) in [6.45, 7) is 0.715. The van der Waals surface area contributed by atoms with Gasteiger partial charge < -0.3 is 37.9 Å². The van der Waals surface area contributed by atoms with E-state index in [1.54, 1.807) is 6.20 Å². The van der Waals surface area contributed by atoms with Crippen molar-refractivity contribution < 1.29 is 19.5 Å². The van der Waals surface area contributed by atoms with Gasteiger partial charge in [0.05, 0.1) is 6.04 Å². The van der Waals surface area contributed by atoms with Crippen molar-refractivity contribution in [3.8, 4) is 0 Å². The number of aromatic amines is 1. The number of para-hydroxylation sites is 1. The quantitative estimate of drug-likeness (QED) is 0.223. The van der Waals surface area contributed by atoms with Crippen LogP contribution >= 0.6 is 0 Å². The highest BCUT2D eigenvalue weighted by atomic mass is 16.4. The highest BCUT2D eigenvalue weighted by molar-refractivity contribution is 5.92. The maximum atomic E-state index is 13.0. The van der Waals surface area contributed by atoms with Crippen molar-refractivity contribution in [1.29, 1.82) is 0 Å². The topological polar surface area (TPSA) is 189 Å². The average Bonchev–Trinajstić information content (AvgIpc) is 3.16. The molecule has 1 aromatic heterocycles. The second-order valence-electron chi connectivity index (χ2n) is 7.49. The van der Waals surface area contributed by atoms with Crippen LogP contribution in [0.3, 0.4) is 0 Å². The normalized spacial score (nSPS) is 14.0. The predicted molar refractivity (Wildman–Crippen MR) is 118 cm³/mol. The van der Waals surface area contributed by atoms with E-state index < -0.39 is 35.9 Å². The minimum absolute atomic E-state index is 0.175. The number of aliphatic carboxylic acids is 1. The average molecular weight is 433 g/mol. The molecule has 0 saturated heterocycles. The van der Waals surface area contributed by atoms with Crippen LogP contribution < -0.4 is 27.8 Å². The van der Waals surface area contributed by atoms with Crippen molar-refractivity contribution in [2.24, 2.45) is 17.2 Å². The number of carboxylic acids is 1. The van der Waals surface area contributed by atoms with Gasteiger partial charge in [-0.05, 0) is 50.4 Å². The molecule has 0 saturated carbocycles. The lowest BCUT2D eigenvalue weighted by Crippen LogP contribution is -2.55. The van der Waals surface area contributed by atoms with Crippen LogP contribution in [0.2, 0.25) is 0 Å². The van der Waals surface area contributed by atoms with E-state index in [0.29, 0.717) is 32.4 Å². The molecule has 0 aliphatic rings. The number of aromatic nitrogens is 1. The third kappa shape index (κ3) is 7.06. The van der Waals surface area contributed by atoms with Gasteiger partial charge in [-0.15, -0.1) is 0 Å². The molecule has 10 nitrogen and oxygen atoms in total. The summed E-state index contributed by atoms with van der Waals surface area (Å²) in [5, 5.41) is 15.5. The van der Waals surface area contributed by atoms with Gasteiger partial charge in [0, 0.05) is 23.5 Å². The van der Waals surface area contributed by atoms with Crippen LogP contribution in [0.1, 0.15) is 31.2 Å². The smallest absolute Gasteiger partial charge is 0.326 e. The lowest BCUT2D eigenvalue weighted by molar-refractivity contribution is -0.142. The van der Waals surface area contributed by atoms with E-state index in [4.69, 9.17) is 17.2 Å². The fourth-order valence-electron chi connectivity index (χ4n) is 3.33. The lowest BCUT2D eigenvalue weighted by atomic mass is 10.0. The number of carboxylic acid groups (broad SMARTS) is 1. The van der Waals surface area contributed by atoms with Crippen LogP contribution in [0.4, 0.5) is 0 Å². The van der Waals surface area contributed by atoms with Gasteiger partial charge in [0.15, 0.2) is 0 Å². The molecule has 0 radical (unpaired) electrons. The molecule has 3 atom stereocenters. The first-order valence-electron chi connectivity index (χ1n) is 10.4. The molecule has 0 spiro atoms. The summed E-state index contributed by atoms with van der Waals surface area (Å²) in [7, 11) is 0. The SMILES string of the molecule is NCCC[C@H](NC(=O)[C@H](Cc1c[nH]c2ccccc12)NC(=O)[C@@H](N)CCCN)C(=O)O. The molecular formula is C21H32N6O4. The van der Waals surface area contributed by atoms with Crippen LogP contribution in [-0.2, 0) is 20.8 Å². The molecule has 0 bridgehead atoms. The Morgan fingerprint density at radius 3 is 2.29 bits per heavy atom. The Hall–Kier alpha value is -2.95. The molecule has 10 heteroatoms. The van der Waals surface area contributed by atoms with Crippen molar-refractivity contribution >= 4 is 28.7 Å². The monoisotopic (exact) mass is 432 g/mol. The van der Waals surface area contributed by atoms with Gasteiger partial charge in [-0.2, -0.15) is 0 Å². The van der Waals surface area contributed by atoms with E-state index in [2.05, 4.69) is 15.6 Å². The van der Waals surface area contributed by atoms with E-state index in [0.717, 1.165) is 16.5 Å². The van der Waals surface area contributed by atoms with Crippen molar-refractivity contribution in [2.75, 3.05) is 13.1 Å². The molecule has 0 fully saturated rings. The number of nitrogens with one attached hydrogen (secondary N) is 3. The standard InChI is InChI=1S/C21H32N6O4/c22-9-3-6-15(24)19(28)27-18(20(29)26-17(21(30)31)8-4-10-23)11-13-12-25-16-7-2-1-5-14(13)16/h1-2,5,7,12,15,17-18,25H,3-4,6,8-11,22-24H2,(H,26,29)(H,27,28)(H,30,31)/t15-,17-,18-/m0/s1. The predicted octanol–water partition coefficient (Wildman–Crippen LogP) is -0.430. The summed E-state index contributed by atoms with van der Waals surface area (Å²) < 4.78 is 0. The number of carbonyl (C=O) groups excluding carboxylic acids is 2. The fraction of sp³-hybridized carbons (Fsp3) is 0.476. The summed E-state index contributed by atoms with van der Waals surface area (Å²) in [4.78, 5) is 40.2. The number of rotatable bonds is 13. The molecule has 31 heavy (non-hydrogen) atoms. The Balaban J connectivity index is 2.20. The Kier molecular flexibility index (Phi) is 9.44. The molecule has 1 heterocycles. The van der Waals surface area contributed by atoms with Crippen molar-refractivity contribution in [3.05, 3.63) is 36.0 Å². The molecule has 2 aromatic rings. The van der Waals surface area contributed by atoms with Gasteiger partial charge in [-0.3, -0.25) is 9.59 Å². The van der Waals surface area contributed by atoms with Crippen LogP contribution in [-0.4, -0.2) is 59.1 Å². The minimum Gasteiger partial charge on any atom is -0.480 e. The molecule has 0 unspecified atom stereocenters. The van der Waals surface area contributed by atoms with Crippen LogP contribution in [0.25, 0.3) is 10.9 Å². The zero-order valence-corrected chi connectivity index (χ0v) is 17.5. The number of hydrogen-bond donors (Lipinski definition) is 7. The van der Waals surface area contributed by atoms with Crippen molar-refractivity contribution in [1.82, 2.24) is 15.6 Å². The number of hydrogen-bond acceptors (Lipinski definition) is 6. The number of carbonyl (C=O) groups is 3. The van der Waals surface area contributed by atoms with E-state index in [9.17, 15) is 19.5 Å². The molecule has 2 amide bonds. The lowest BCUT2D eigenvalue weighted by Gasteiger charge is -2.23. The first-order valence-corrected chi connectivity index (χ1v) is 10.4. The second-order valence-corrected chi connectivity index (χ2v) is 7.49. The zero-order chi connectivity index (χ0) is 22.8. The maximum absolute atomic E-state index is 13.0. The highest BCUT2D eigenvalue weighted by Gasteiger charge is 2.28. The summed E-state index contributed by atoms with van der Waals surface area (Å²) in [6.07, 6.45) is 3.55. The fourth-order valence-corrected chi connectivity index (χ4v) is 3.33. The third-order valence-electron chi connectivity index (χ3n) is 5.10. The summed E-state index contributed by atoms with van der Waals surface area (Å²) >= 11 is 0. The highest BCUT2D eigenvalue weighted by Crippen LogP contribution is 2.19. The number of H-pyrrole nitrogens is 1. The molecule has 1 aromatic carbocycles. The molecule has 0 aliphatic heterocycles. The van der Waals surface area contributed by atoms with E-state index in [1.807, 2.05) is 24.3 Å². The van der Waals surface area contributed by atoms with Gasteiger partial charge in [-0.25, -0.2) is 4.79 Å². The number of fused-ring (bicyclic) bond motifs is 1. The molecule has 10 N–H and O–H groups in total. The second kappa shape index (κ2) is 12.0. The van der Waals surface area contributed by atoms with Gasteiger partial charge in [0.25, 0.3) is 0 Å². The Morgan fingerprint density at radius 2 is 1.61 bits per heavy atom. The summed E-state index contributed by atoms with van der Waals surface area (Å²) in [5.74, 6) is -2.23. The molecule has 0 aliphatic carbocycles. The largest absolute Gasteiger partial charge is 0.480 e. The number of benzene rings is 1. The van der Waals surface area contributed by atoms with Gasteiger partial charge >= 0.3 is 5.97 Å². The molecule has 170 valence electrons. The van der Waals surface area contributed by atoms with Crippen molar-refractivity contribution in [2.45, 2.75) is 50.2 Å². The van der Waals surface area contributed by atoms with E-state index in [-0.39, 0.29) is 12.8 Å². The molecular weight excluding hydrogens is 400 g/mol. The number of nitrogens with two attached hydrogens (primary N) is 3. The first-order chi connectivity index (χ1) is 14.9. The van der Waals surface area contributed by atoms with Gasteiger partial charge in [0.1, 0.15) is 12.1 Å². The van der Waals surface area contributed by atoms with Crippen molar-refractivity contribution in [3.63, 3.8) is 0 Å². The number of amides is 2. The third-order valence-corrected chi connectivity index (χ3v) is 5.10. The van der Waals surface area contributed by atoms with E-state index >= 15 is 0 Å². The maximum Gasteiger partial charge on any atom is 0.326 e. The zero-order valence-electron chi connectivity index (χ0n) is 17.5. The van der Waals surface area contributed by atoms with Gasteiger partial charge in [0.2, 0.25) is 11.8 Å². The Morgan fingerprint density at radius 1 is 0.968 bits per heavy atom. The summed E-state index contributed by atoms with van der Waals surface area (Å²) in [5.41, 5.74) is 18.6.